The van der Waals surface area contributed by atoms with E-state index < -0.39 is 0 Å². The van der Waals surface area contributed by atoms with Gasteiger partial charge in [-0.25, -0.2) is 0 Å². The summed E-state index contributed by atoms with van der Waals surface area (Å²) in [4.78, 5) is 12.2. The molecule has 0 aliphatic carbocycles. The van der Waals surface area contributed by atoms with Crippen LogP contribution >= 0.6 is 15.9 Å². The first-order valence-corrected chi connectivity index (χ1v) is 7.12. The SMILES string of the molecule is Cc1ccc(C(=O)NC(C)c2cccc(Br)c2)c(O)c1. The van der Waals surface area contributed by atoms with E-state index in [1.165, 1.54) is 0 Å². The quantitative estimate of drug-likeness (QED) is 0.893. The maximum absolute atomic E-state index is 12.2. The van der Waals surface area contributed by atoms with Crippen molar-refractivity contribution in [3.8, 4) is 5.75 Å². The number of hydrogen-bond donors (Lipinski definition) is 2. The summed E-state index contributed by atoms with van der Waals surface area (Å²) in [5, 5.41) is 12.7. The van der Waals surface area contributed by atoms with Crippen LogP contribution in [0.25, 0.3) is 0 Å². The number of halogens is 1. The van der Waals surface area contributed by atoms with Crippen LogP contribution in [-0.4, -0.2) is 11.0 Å². The van der Waals surface area contributed by atoms with Gasteiger partial charge in [-0.15, -0.1) is 0 Å². The molecule has 0 aromatic heterocycles. The predicted molar refractivity (Wildman–Crippen MR) is 82.9 cm³/mol. The number of amides is 1. The normalized spacial score (nSPS) is 11.9. The fourth-order valence-electron chi connectivity index (χ4n) is 1.97. The second kappa shape index (κ2) is 6.09. The monoisotopic (exact) mass is 333 g/mol. The predicted octanol–water partition coefficient (Wildman–Crippen LogP) is 3.95. The maximum Gasteiger partial charge on any atom is 0.255 e. The Bertz CT molecular complexity index is 640. The molecular formula is C16H16BrNO2. The number of phenols is 1. The molecule has 3 nitrogen and oxygen atoms in total. The summed E-state index contributed by atoms with van der Waals surface area (Å²) in [6.07, 6.45) is 0. The number of phenolic OH excluding ortho intramolecular Hbond substituents is 1. The van der Waals surface area contributed by atoms with Gasteiger partial charge in [-0.05, 0) is 49.2 Å². The van der Waals surface area contributed by atoms with Crippen LogP contribution in [0.5, 0.6) is 5.75 Å². The Hall–Kier alpha value is -1.81. The minimum Gasteiger partial charge on any atom is -0.507 e. The maximum atomic E-state index is 12.2. The molecule has 0 spiro atoms. The summed E-state index contributed by atoms with van der Waals surface area (Å²) >= 11 is 3.41. The molecule has 0 fully saturated rings. The van der Waals surface area contributed by atoms with Gasteiger partial charge in [0.05, 0.1) is 11.6 Å². The van der Waals surface area contributed by atoms with Crippen LogP contribution < -0.4 is 5.32 Å². The minimum absolute atomic E-state index is 0.00365. The second-order valence-corrected chi connectivity index (χ2v) is 5.69. The first kappa shape index (κ1) is 14.6. The summed E-state index contributed by atoms with van der Waals surface area (Å²) in [6.45, 7) is 3.77. The lowest BCUT2D eigenvalue weighted by atomic mass is 10.1. The molecule has 4 heteroatoms. The summed E-state index contributed by atoms with van der Waals surface area (Å²) in [6, 6.07) is 12.6. The second-order valence-electron chi connectivity index (χ2n) is 4.77. The van der Waals surface area contributed by atoms with Crippen LogP contribution in [0.1, 0.15) is 34.5 Å². The van der Waals surface area contributed by atoms with E-state index in [0.717, 1.165) is 15.6 Å². The molecule has 0 saturated carbocycles. The van der Waals surface area contributed by atoms with Crippen LogP contribution in [-0.2, 0) is 0 Å². The average Bonchev–Trinajstić information content (AvgIpc) is 2.38. The number of carbonyl (C=O) groups excluding carboxylic acids is 1. The molecule has 2 rings (SSSR count). The first-order valence-electron chi connectivity index (χ1n) is 6.33. The summed E-state index contributed by atoms with van der Waals surface area (Å²) < 4.78 is 0.967. The Balaban J connectivity index is 2.15. The molecule has 1 unspecified atom stereocenters. The molecule has 0 radical (unpaired) electrons. The Morgan fingerprint density at radius 2 is 2.00 bits per heavy atom. The standard InChI is InChI=1S/C16H16BrNO2/c1-10-6-7-14(15(19)8-10)16(20)18-11(2)12-4-3-5-13(17)9-12/h3-9,11,19H,1-2H3,(H,18,20). The van der Waals surface area contributed by atoms with Crippen LogP contribution in [0.4, 0.5) is 0 Å². The van der Waals surface area contributed by atoms with E-state index in [0.29, 0.717) is 0 Å². The van der Waals surface area contributed by atoms with Crippen molar-refractivity contribution < 1.29 is 9.90 Å². The number of nitrogens with one attached hydrogen (secondary N) is 1. The Kier molecular flexibility index (Phi) is 4.45. The molecule has 0 bridgehead atoms. The van der Waals surface area contributed by atoms with Crippen LogP contribution in [0, 0.1) is 6.92 Å². The van der Waals surface area contributed by atoms with Crippen molar-refractivity contribution in [1.82, 2.24) is 5.32 Å². The van der Waals surface area contributed by atoms with E-state index in [-0.39, 0.29) is 23.3 Å². The smallest absolute Gasteiger partial charge is 0.255 e. The Labute approximate surface area is 126 Å². The highest BCUT2D eigenvalue weighted by atomic mass is 79.9. The topological polar surface area (TPSA) is 49.3 Å². The van der Waals surface area contributed by atoms with Crippen molar-refractivity contribution >= 4 is 21.8 Å². The lowest BCUT2D eigenvalue weighted by Gasteiger charge is -2.15. The average molecular weight is 334 g/mol. The molecule has 2 aromatic rings. The van der Waals surface area contributed by atoms with E-state index in [1.807, 2.05) is 38.1 Å². The molecule has 2 N–H and O–H groups in total. The van der Waals surface area contributed by atoms with Crippen molar-refractivity contribution in [3.63, 3.8) is 0 Å². The van der Waals surface area contributed by atoms with Crippen molar-refractivity contribution in [2.24, 2.45) is 0 Å². The third kappa shape index (κ3) is 3.39. The van der Waals surface area contributed by atoms with Gasteiger partial charge in [0, 0.05) is 4.47 Å². The molecule has 0 aliphatic rings. The largest absolute Gasteiger partial charge is 0.507 e. The number of hydrogen-bond acceptors (Lipinski definition) is 2. The van der Waals surface area contributed by atoms with Crippen LogP contribution in [0.3, 0.4) is 0 Å². The zero-order valence-corrected chi connectivity index (χ0v) is 12.9. The van der Waals surface area contributed by atoms with Crippen molar-refractivity contribution in [1.29, 1.82) is 0 Å². The van der Waals surface area contributed by atoms with Crippen LogP contribution in [0.2, 0.25) is 0 Å². The van der Waals surface area contributed by atoms with Gasteiger partial charge in [-0.2, -0.15) is 0 Å². The first-order chi connectivity index (χ1) is 9.47. The van der Waals surface area contributed by atoms with E-state index in [1.54, 1.807) is 18.2 Å². The molecule has 0 saturated heterocycles. The van der Waals surface area contributed by atoms with Crippen molar-refractivity contribution in [2.45, 2.75) is 19.9 Å². The van der Waals surface area contributed by atoms with Gasteiger partial charge >= 0.3 is 0 Å². The number of carbonyl (C=O) groups is 1. The molecule has 1 atom stereocenters. The lowest BCUT2D eigenvalue weighted by Crippen LogP contribution is -2.26. The number of rotatable bonds is 3. The molecule has 0 heterocycles. The van der Waals surface area contributed by atoms with E-state index in [2.05, 4.69) is 21.2 Å². The zero-order valence-electron chi connectivity index (χ0n) is 11.4. The van der Waals surface area contributed by atoms with E-state index in [4.69, 9.17) is 0 Å². The molecular weight excluding hydrogens is 318 g/mol. The van der Waals surface area contributed by atoms with Crippen molar-refractivity contribution in [2.75, 3.05) is 0 Å². The van der Waals surface area contributed by atoms with Crippen LogP contribution in [0.15, 0.2) is 46.9 Å². The number of aromatic hydroxyl groups is 1. The summed E-state index contributed by atoms with van der Waals surface area (Å²) in [5.41, 5.74) is 2.20. The molecule has 0 aliphatic heterocycles. The highest BCUT2D eigenvalue weighted by Crippen LogP contribution is 2.21. The number of benzene rings is 2. The highest BCUT2D eigenvalue weighted by Gasteiger charge is 2.14. The zero-order chi connectivity index (χ0) is 14.7. The van der Waals surface area contributed by atoms with Gasteiger partial charge < -0.3 is 10.4 Å². The van der Waals surface area contributed by atoms with E-state index in [9.17, 15) is 9.90 Å². The summed E-state index contributed by atoms with van der Waals surface area (Å²) in [5.74, 6) is -0.279. The Morgan fingerprint density at radius 1 is 1.25 bits per heavy atom. The fraction of sp³-hybridized carbons (Fsp3) is 0.188. The van der Waals surface area contributed by atoms with E-state index >= 15 is 0 Å². The van der Waals surface area contributed by atoms with Gasteiger partial charge in [0.25, 0.3) is 5.91 Å². The summed E-state index contributed by atoms with van der Waals surface area (Å²) in [7, 11) is 0. The number of aryl methyl sites for hydroxylation is 1. The minimum atomic E-state index is -0.282. The third-order valence-corrected chi connectivity index (χ3v) is 3.59. The van der Waals surface area contributed by atoms with Gasteiger partial charge in [-0.3, -0.25) is 4.79 Å². The lowest BCUT2D eigenvalue weighted by molar-refractivity contribution is 0.0937. The molecule has 2 aromatic carbocycles. The van der Waals surface area contributed by atoms with Gasteiger partial charge in [0.2, 0.25) is 0 Å². The van der Waals surface area contributed by atoms with Crippen molar-refractivity contribution in [3.05, 3.63) is 63.6 Å². The third-order valence-electron chi connectivity index (χ3n) is 3.09. The van der Waals surface area contributed by atoms with Gasteiger partial charge in [-0.1, -0.05) is 34.1 Å². The Morgan fingerprint density at radius 3 is 2.65 bits per heavy atom. The molecule has 1 amide bonds. The molecule has 104 valence electrons. The highest BCUT2D eigenvalue weighted by molar-refractivity contribution is 9.10. The van der Waals surface area contributed by atoms with Gasteiger partial charge in [0.1, 0.15) is 5.75 Å². The van der Waals surface area contributed by atoms with Gasteiger partial charge in [0.15, 0.2) is 0 Å². The molecule has 20 heavy (non-hydrogen) atoms. The fourth-order valence-corrected chi connectivity index (χ4v) is 2.38.